The van der Waals surface area contributed by atoms with Crippen molar-refractivity contribution in [3.63, 3.8) is 0 Å². The maximum Gasteiger partial charge on any atom is 0.141 e. The minimum atomic E-state index is 0.459. The van der Waals surface area contributed by atoms with Crippen molar-refractivity contribution in [2.75, 3.05) is 20.8 Å². The second-order valence-electron chi connectivity index (χ2n) is 3.54. The van der Waals surface area contributed by atoms with Crippen molar-refractivity contribution < 1.29 is 14.2 Å². The van der Waals surface area contributed by atoms with Crippen LogP contribution in [0.15, 0.2) is 12.6 Å². The van der Waals surface area contributed by atoms with Crippen molar-refractivity contribution in [3.8, 4) is 11.5 Å². The molecule has 1 aliphatic heterocycles. The zero-order valence-corrected chi connectivity index (χ0v) is 10.1. The third kappa shape index (κ3) is 1.66. The molecule has 0 bridgehead atoms. The minimum Gasteiger partial charge on any atom is -0.496 e. The van der Waals surface area contributed by atoms with Crippen molar-refractivity contribution in [2.24, 2.45) is 0 Å². The Morgan fingerprint density at radius 1 is 1.25 bits per heavy atom. The third-order valence-corrected chi connectivity index (χ3v) is 3.02. The molecule has 1 heterocycles. The number of ether oxygens (including phenoxy) is 3. The fourth-order valence-corrected chi connectivity index (χ4v) is 2.12. The molecule has 0 aliphatic carbocycles. The summed E-state index contributed by atoms with van der Waals surface area (Å²) < 4.78 is 15.9. The van der Waals surface area contributed by atoms with Crippen LogP contribution in [-0.4, -0.2) is 20.8 Å². The Morgan fingerprint density at radius 3 is 2.56 bits per heavy atom. The minimum absolute atomic E-state index is 0.459. The number of hydrogen-bond acceptors (Lipinski definition) is 3. The SMILES string of the molecule is C=C1COCc2c(Cl)c(OC)cc(OC)c21. The summed E-state index contributed by atoms with van der Waals surface area (Å²) in [5.41, 5.74) is 2.70. The van der Waals surface area contributed by atoms with Crippen molar-refractivity contribution in [3.05, 3.63) is 28.8 Å². The summed E-state index contributed by atoms with van der Waals surface area (Å²) in [5.74, 6) is 1.32. The summed E-state index contributed by atoms with van der Waals surface area (Å²) in [6.45, 7) is 4.92. The normalized spacial score (nSPS) is 14.6. The lowest BCUT2D eigenvalue weighted by Gasteiger charge is -2.23. The van der Waals surface area contributed by atoms with Gasteiger partial charge in [0.15, 0.2) is 0 Å². The van der Waals surface area contributed by atoms with Crippen molar-refractivity contribution in [1.29, 1.82) is 0 Å². The number of hydrogen-bond donors (Lipinski definition) is 0. The van der Waals surface area contributed by atoms with Crippen LogP contribution in [0, 0.1) is 0 Å². The van der Waals surface area contributed by atoms with Gasteiger partial charge in [0, 0.05) is 17.2 Å². The summed E-state index contributed by atoms with van der Waals surface area (Å²) in [5, 5.41) is 0.569. The van der Waals surface area contributed by atoms with Crippen LogP contribution in [0.4, 0.5) is 0 Å². The molecule has 0 unspecified atom stereocenters. The van der Waals surface area contributed by atoms with Crippen LogP contribution in [0.5, 0.6) is 11.5 Å². The topological polar surface area (TPSA) is 27.7 Å². The van der Waals surface area contributed by atoms with Gasteiger partial charge in [-0.15, -0.1) is 0 Å². The summed E-state index contributed by atoms with van der Waals surface area (Å²) in [6, 6.07) is 1.78. The predicted molar refractivity (Wildman–Crippen MR) is 63.2 cm³/mol. The molecule has 3 nitrogen and oxygen atoms in total. The quantitative estimate of drug-likeness (QED) is 0.796. The van der Waals surface area contributed by atoms with E-state index in [0.29, 0.717) is 24.0 Å². The molecule has 0 spiro atoms. The molecule has 0 amide bonds. The molecule has 16 heavy (non-hydrogen) atoms. The highest BCUT2D eigenvalue weighted by Gasteiger charge is 2.23. The van der Waals surface area contributed by atoms with Gasteiger partial charge in [-0.2, -0.15) is 0 Å². The van der Waals surface area contributed by atoms with Crippen molar-refractivity contribution >= 4 is 17.2 Å². The molecule has 2 rings (SSSR count). The number of methoxy groups -OCH3 is 2. The van der Waals surface area contributed by atoms with Gasteiger partial charge in [0.2, 0.25) is 0 Å². The van der Waals surface area contributed by atoms with Crippen LogP contribution in [0.2, 0.25) is 5.02 Å². The molecule has 0 saturated carbocycles. The van der Waals surface area contributed by atoms with Crippen LogP contribution in [0.25, 0.3) is 5.57 Å². The number of rotatable bonds is 2. The average molecular weight is 241 g/mol. The van der Waals surface area contributed by atoms with E-state index in [4.69, 9.17) is 25.8 Å². The fourth-order valence-electron chi connectivity index (χ4n) is 1.84. The molecule has 0 atom stereocenters. The van der Waals surface area contributed by atoms with Crippen LogP contribution in [-0.2, 0) is 11.3 Å². The van der Waals surface area contributed by atoms with Gasteiger partial charge >= 0.3 is 0 Å². The fraction of sp³-hybridized carbons (Fsp3) is 0.333. The highest BCUT2D eigenvalue weighted by molar-refractivity contribution is 6.33. The van der Waals surface area contributed by atoms with Crippen LogP contribution in [0.1, 0.15) is 11.1 Å². The standard InChI is InChI=1S/C12H13ClO3/c1-7-5-16-6-8-11(7)9(14-2)4-10(15-3)12(8)13/h4H,1,5-6H2,2-3H3. The maximum absolute atomic E-state index is 6.22. The molecule has 86 valence electrons. The van der Waals surface area contributed by atoms with E-state index in [1.165, 1.54) is 0 Å². The lowest BCUT2D eigenvalue weighted by atomic mass is 9.98. The molecular weight excluding hydrogens is 228 g/mol. The van der Waals surface area contributed by atoms with E-state index in [1.807, 2.05) is 0 Å². The second kappa shape index (κ2) is 4.36. The summed E-state index contributed by atoms with van der Waals surface area (Å²) in [6.07, 6.45) is 0. The van der Waals surface area contributed by atoms with Gasteiger partial charge in [-0.05, 0) is 5.57 Å². The molecule has 0 N–H and O–H groups in total. The molecule has 1 aromatic rings. The Labute approximate surface area is 99.6 Å². The van der Waals surface area contributed by atoms with Gasteiger partial charge < -0.3 is 14.2 Å². The van der Waals surface area contributed by atoms with E-state index in [9.17, 15) is 0 Å². The first-order valence-electron chi connectivity index (χ1n) is 4.88. The van der Waals surface area contributed by atoms with E-state index in [2.05, 4.69) is 6.58 Å². The smallest absolute Gasteiger partial charge is 0.141 e. The molecule has 4 heteroatoms. The maximum atomic E-state index is 6.22. The van der Waals surface area contributed by atoms with Gasteiger partial charge in [0.1, 0.15) is 11.5 Å². The van der Waals surface area contributed by atoms with Gasteiger partial charge in [-0.3, -0.25) is 0 Å². The Morgan fingerprint density at radius 2 is 1.94 bits per heavy atom. The zero-order valence-electron chi connectivity index (χ0n) is 9.30. The average Bonchev–Trinajstić information content (AvgIpc) is 2.30. The van der Waals surface area contributed by atoms with Crippen LogP contribution >= 0.6 is 11.6 Å². The second-order valence-corrected chi connectivity index (χ2v) is 3.92. The molecule has 1 aromatic carbocycles. The lowest BCUT2D eigenvalue weighted by Crippen LogP contribution is -2.11. The molecular formula is C12H13ClO3. The summed E-state index contributed by atoms with van der Waals surface area (Å²) in [4.78, 5) is 0. The number of fused-ring (bicyclic) bond motifs is 1. The van der Waals surface area contributed by atoms with Gasteiger partial charge in [0.05, 0.1) is 32.5 Å². The first-order valence-corrected chi connectivity index (χ1v) is 5.26. The van der Waals surface area contributed by atoms with E-state index < -0.39 is 0 Å². The van der Waals surface area contributed by atoms with Gasteiger partial charge in [-0.1, -0.05) is 18.2 Å². The van der Waals surface area contributed by atoms with E-state index in [-0.39, 0.29) is 0 Å². The van der Waals surface area contributed by atoms with Crippen LogP contribution in [0.3, 0.4) is 0 Å². The predicted octanol–water partition coefficient (Wildman–Crippen LogP) is 2.90. The van der Waals surface area contributed by atoms with E-state index >= 15 is 0 Å². The Bertz CT molecular complexity index is 440. The lowest BCUT2D eigenvalue weighted by molar-refractivity contribution is 0.145. The number of halogens is 1. The van der Waals surface area contributed by atoms with Crippen molar-refractivity contribution in [2.45, 2.75) is 6.61 Å². The Balaban J connectivity index is 2.68. The molecule has 0 saturated heterocycles. The highest BCUT2D eigenvalue weighted by Crippen LogP contribution is 2.42. The van der Waals surface area contributed by atoms with Crippen molar-refractivity contribution in [1.82, 2.24) is 0 Å². The zero-order chi connectivity index (χ0) is 11.7. The highest BCUT2D eigenvalue weighted by atomic mass is 35.5. The monoisotopic (exact) mass is 240 g/mol. The van der Waals surface area contributed by atoms with E-state index in [0.717, 1.165) is 22.4 Å². The largest absolute Gasteiger partial charge is 0.496 e. The molecule has 0 radical (unpaired) electrons. The van der Waals surface area contributed by atoms with Gasteiger partial charge in [0.25, 0.3) is 0 Å². The van der Waals surface area contributed by atoms with E-state index in [1.54, 1.807) is 20.3 Å². The molecule has 0 aromatic heterocycles. The third-order valence-electron chi connectivity index (χ3n) is 2.61. The Kier molecular flexibility index (Phi) is 3.08. The first kappa shape index (κ1) is 11.3. The molecule has 1 aliphatic rings. The van der Waals surface area contributed by atoms with Gasteiger partial charge in [-0.25, -0.2) is 0 Å². The molecule has 0 fully saturated rings. The number of benzene rings is 1. The first-order chi connectivity index (χ1) is 7.69. The van der Waals surface area contributed by atoms with Crippen LogP contribution < -0.4 is 9.47 Å². The summed E-state index contributed by atoms with van der Waals surface area (Å²) in [7, 11) is 3.19. The Hall–Kier alpha value is -1.19. The summed E-state index contributed by atoms with van der Waals surface area (Å²) >= 11 is 6.22.